The largest absolute Gasteiger partial charge is 0.295 e. The fourth-order valence-electron chi connectivity index (χ4n) is 3.57. The number of hydrogen-bond donors (Lipinski definition) is 2. The van der Waals surface area contributed by atoms with Crippen LogP contribution < -0.4 is 10.0 Å². The van der Waals surface area contributed by atoms with Gasteiger partial charge in [-0.15, -0.1) is 0 Å². The van der Waals surface area contributed by atoms with E-state index in [2.05, 4.69) is 10.0 Å². The second-order valence-electron chi connectivity index (χ2n) is 7.20. The Hall–Kier alpha value is -2.80. The average molecular weight is 553 g/mol. The monoisotopic (exact) mass is 553 g/mol. The van der Waals surface area contributed by atoms with Crippen LogP contribution in [0.5, 0.6) is 0 Å². The van der Waals surface area contributed by atoms with Crippen LogP contribution in [-0.4, -0.2) is 43.0 Å². The molecule has 4 rings (SSSR count). The van der Waals surface area contributed by atoms with Gasteiger partial charge in [0, 0.05) is 15.7 Å². The molecule has 0 bridgehead atoms. The van der Waals surface area contributed by atoms with Crippen molar-refractivity contribution in [3.63, 3.8) is 0 Å². The van der Waals surface area contributed by atoms with Crippen LogP contribution in [0.4, 0.5) is 5.69 Å². The number of benzene rings is 2. The number of nitrogens with one attached hydrogen (secondary N) is 2. The molecule has 31 heavy (non-hydrogen) atoms. The first kappa shape index (κ1) is 21.4. The Morgan fingerprint density at radius 2 is 1.77 bits per heavy atom. The van der Waals surface area contributed by atoms with Crippen molar-refractivity contribution in [3.05, 3.63) is 56.7 Å². The summed E-state index contributed by atoms with van der Waals surface area (Å²) in [7, 11) is -3.93. The molecule has 1 fully saturated rings. The maximum atomic E-state index is 12.9. The Morgan fingerprint density at radius 1 is 1.06 bits per heavy atom. The SMILES string of the molecule is Cc1cccc(S(=O)(=O)Nc2ccc3c(c2)C(=O)N(C2CCC(=O)NC2=O)C3=O)c1I. The molecule has 1 unspecified atom stereocenters. The zero-order chi connectivity index (χ0) is 22.5. The van der Waals surface area contributed by atoms with Crippen LogP contribution in [0.25, 0.3) is 0 Å². The molecule has 0 radical (unpaired) electrons. The van der Waals surface area contributed by atoms with E-state index in [0.717, 1.165) is 10.5 Å². The van der Waals surface area contributed by atoms with Crippen molar-refractivity contribution in [2.45, 2.75) is 30.7 Å². The maximum absolute atomic E-state index is 12.9. The minimum absolute atomic E-state index is 0.00570. The lowest BCUT2D eigenvalue weighted by atomic mass is 10.0. The molecule has 1 atom stereocenters. The molecule has 9 nitrogen and oxygen atoms in total. The van der Waals surface area contributed by atoms with Crippen molar-refractivity contribution >= 4 is 61.9 Å². The van der Waals surface area contributed by atoms with Crippen molar-refractivity contribution in [1.82, 2.24) is 10.2 Å². The molecule has 160 valence electrons. The van der Waals surface area contributed by atoms with Crippen LogP contribution in [0, 0.1) is 10.5 Å². The molecule has 2 aromatic carbocycles. The summed E-state index contributed by atoms with van der Waals surface area (Å²) < 4.78 is 28.7. The van der Waals surface area contributed by atoms with E-state index in [1.165, 1.54) is 24.3 Å². The van der Waals surface area contributed by atoms with Crippen LogP contribution in [0.2, 0.25) is 0 Å². The molecule has 1 saturated heterocycles. The molecule has 2 aliphatic heterocycles. The van der Waals surface area contributed by atoms with Gasteiger partial charge in [0.15, 0.2) is 0 Å². The second-order valence-corrected chi connectivity index (χ2v) is 9.93. The van der Waals surface area contributed by atoms with Gasteiger partial charge in [0.25, 0.3) is 21.8 Å². The van der Waals surface area contributed by atoms with E-state index >= 15 is 0 Å². The third-order valence-electron chi connectivity index (χ3n) is 5.14. The highest BCUT2D eigenvalue weighted by atomic mass is 127. The fourth-order valence-corrected chi connectivity index (χ4v) is 6.00. The van der Waals surface area contributed by atoms with Gasteiger partial charge >= 0.3 is 0 Å². The van der Waals surface area contributed by atoms with Gasteiger partial charge in [-0.1, -0.05) is 12.1 Å². The number of aryl methyl sites for hydroxylation is 1. The molecule has 4 amide bonds. The first-order chi connectivity index (χ1) is 14.6. The highest BCUT2D eigenvalue weighted by Gasteiger charge is 2.44. The predicted octanol–water partition coefficient (Wildman–Crippen LogP) is 1.80. The highest BCUT2D eigenvalue weighted by Crippen LogP contribution is 2.31. The van der Waals surface area contributed by atoms with E-state index in [-0.39, 0.29) is 34.6 Å². The van der Waals surface area contributed by atoms with Crippen molar-refractivity contribution in [2.24, 2.45) is 0 Å². The lowest BCUT2D eigenvalue weighted by molar-refractivity contribution is -0.136. The van der Waals surface area contributed by atoms with Gasteiger partial charge in [-0.3, -0.25) is 34.1 Å². The van der Waals surface area contributed by atoms with E-state index in [0.29, 0.717) is 3.57 Å². The summed E-state index contributed by atoms with van der Waals surface area (Å²) in [4.78, 5) is 50.0. The van der Waals surface area contributed by atoms with Gasteiger partial charge in [-0.2, -0.15) is 0 Å². The van der Waals surface area contributed by atoms with Crippen LogP contribution in [0.1, 0.15) is 39.1 Å². The van der Waals surface area contributed by atoms with Gasteiger partial charge < -0.3 is 0 Å². The second kappa shape index (κ2) is 7.71. The first-order valence-corrected chi connectivity index (χ1v) is 11.8. The molecule has 2 N–H and O–H groups in total. The number of anilines is 1. The molecule has 0 saturated carbocycles. The van der Waals surface area contributed by atoms with Crippen molar-refractivity contribution in [2.75, 3.05) is 4.72 Å². The molecule has 2 heterocycles. The van der Waals surface area contributed by atoms with E-state index in [1.54, 1.807) is 19.1 Å². The Balaban J connectivity index is 1.64. The lowest BCUT2D eigenvalue weighted by Gasteiger charge is -2.27. The minimum atomic E-state index is -3.93. The molecule has 2 aromatic rings. The number of rotatable bonds is 4. The first-order valence-electron chi connectivity index (χ1n) is 9.24. The number of piperidine rings is 1. The Kier molecular flexibility index (Phi) is 5.33. The normalized spacial score (nSPS) is 18.8. The number of fused-ring (bicyclic) bond motifs is 1. The standard InChI is InChI=1S/C20H16IN3O6S/c1-10-3-2-4-15(17(10)21)31(29,30)23-11-5-6-12-13(9-11)20(28)24(19(12)27)14-7-8-16(25)22-18(14)26/h2-6,9,14,23H,7-8H2,1H3,(H,22,25,26). The molecule has 0 spiro atoms. The third kappa shape index (κ3) is 3.71. The topological polar surface area (TPSA) is 130 Å². The summed E-state index contributed by atoms with van der Waals surface area (Å²) in [6, 6.07) is 7.84. The van der Waals surface area contributed by atoms with E-state index < -0.39 is 39.7 Å². The van der Waals surface area contributed by atoms with Crippen molar-refractivity contribution in [3.8, 4) is 0 Å². The summed E-state index contributed by atoms with van der Waals surface area (Å²) in [5.41, 5.74) is 0.983. The van der Waals surface area contributed by atoms with Gasteiger partial charge in [0.05, 0.1) is 11.1 Å². The predicted molar refractivity (Wildman–Crippen MR) is 118 cm³/mol. The molecule has 2 aliphatic rings. The summed E-state index contributed by atoms with van der Waals surface area (Å²) in [6.07, 6.45) is 0.0609. The number of sulfonamides is 1. The molecule has 0 aliphatic carbocycles. The van der Waals surface area contributed by atoms with Gasteiger partial charge in [0.1, 0.15) is 10.9 Å². The number of amides is 4. The van der Waals surface area contributed by atoms with E-state index in [9.17, 15) is 27.6 Å². The quantitative estimate of drug-likeness (QED) is 0.439. The molecular weight excluding hydrogens is 537 g/mol. The Morgan fingerprint density at radius 3 is 2.48 bits per heavy atom. The number of carbonyl (C=O) groups excluding carboxylic acids is 4. The van der Waals surface area contributed by atoms with Crippen LogP contribution in [0.3, 0.4) is 0 Å². The fraction of sp³-hybridized carbons (Fsp3) is 0.200. The number of nitrogens with zero attached hydrogens (tertiary/aromatic N) is 1. The summed E-state index contributed by atoms with van der Waals surface area (Å²) in [5, 5.41) is 2.13. The van der Waals surface area contributed by atoms with Crippen LogP contribution in [0.15, 0.2) is 41.3 Å². The van der Waals surface area contributed by atoms with Crippen molar-refractivity contribution < 1.29 is 27.6 Å². The molecule has 11 heteroatoms. The Labute approximate surface area is 191 Å². The number of hydrogen-bond acceptors (Lipinski definition) is 6. The summed E-state index contributed by atoms with van der Waals surface area (Å²) in [6.45, 7) is 1.80. The average Bonchev–Trinajstić information content (AvgIpc) is 2.94. The van der Waals surface area contributed by atoms with Crippen LogP contribution in [-0.2, 0) is 19.6 Å². The smallest absolute Gasteiger partial charge is 0.262 e. The van der Waals surface area contributed by atoms with Gasteiger partial charge in [0.2, 0.25) is 11.8 Å². The Bertz CT molecular complexity index is 1270. The number of halogens is 1. The molecule has 0 aromatic heterocycles. The van der Waals surface area contributed by atoms with Gasteiger partial charge in [-0.05, 0) is 65.8 Å². The minimum Gasteiger partial charge on any atom is -0.295 e. The van der Waals surface area contributed by atoms with Crippen molar-refractivity contribution in [1.29, 1.82) is 0 Å². The summed E-state index contributed by atoms with van der Waals surface area (Å²) >= 11 is 1.95. The third-order valence-corrected chi connectivity index (χ3v) is 8.36. The van der Waals surface area contributed by atoms with Crippen LogP contribution >= 0.6 is 22.6 Å². The van der Waals surface area contributed by atoms with E-state index in [4.69, 9.17) is 0 Å². The van der Waals surface area contributed by atoms with E-state index in [1.807, 2.05) is 22.6 Å². The number of imide groups is 2. The van der Waals surface area contributed by atoms with Gasteiger partial charge in [-0.25, -0.2) is 8.42 Å². The number of carbonyl (C=O) groups is 4. The highest BCUT2D eigenvalue weighted by molar-refractivity contribution is 14.1. The molecular formula is C20H16IN3O6S. The lowest BCUT2D eigenvalue weighted by Crippen LogP contribution is -2.54. The maximum Gasteiger partial charge on any atom is 0.262 e. The zero-order valence-corrected chi connectivity index (χ0v) is 19.1. The summed E-state index contributed by atoms with van der Waals surface area (Å²) in [5.74, 6) is -2.53. The zero-order valence-electron chi connectivity index (χ0n) is 16.1.